The Balaban J connectivity index is 2.05. The Kier molecular flexibility index (Phi) is 5.12. The molecule has 0 atom stereocenters. The van der Waals surface area contributed by atoms with E-state index in [2.05, 4.69) is 35.8 Å². The fraction of sp³-hybridized carbons (Fsp3) is 0.611. The molecule has 4 nitrogen and oxygen atoms in total. The van der Waals surface area contributed by atoms with Gasteiger partial charge in [0, 0.05) is 37.9 Å². The lowest BCUT2D eigenvalue weighted by atomic mass is 9.86. The molecule has 2 rings (SSSR count). The van der Waals surface area contributed by atoms with Gasteiger partial charge in [-0.3, -0.25) is 9.69 Å². The van der Waals surface area contributed by atoms with Crippen molar-refractivity contribution in [3.8, 4) is 0 Å². The van der Waals surface area contributed by atoms with Crippen molar-refractivity contribution in [2.45, 2.75) is 40.2 Å². The lowest BCUT2D eigenvalue weighted by Gasteiger charge is -2.38. The van der Waals surface area contributed by atoms with Gasteiger partial charge in [-0.2, -0.15) is 0 Å². The molecule has 0 radical (unpaired) electrons. The van der Waals surface area contributed by atoms with Gasteiger partial charge in [-0.15, -0.1) is 0 Å². The van der Waals surface area contributed by atoms with Crippen molar-refractivity contribution in [2.24, 2.45) is 5.41 Å². The van der Waals surface area contributed by atoms with E-state index >= 15 is 0 Å². The topological polar surface area (TPSA) is 43.8 Å². The number of hydrogen-bond acceptors (Lipinski definition) is 3. The van der Waals surface area contributed by atoms with Crippen molar-refractivity contribution in [1.29, 1.82) is 0 Å². The van der Waals surface area contributed by atoms with E-state index in [1.807, 2.05) is 12.1 Å². The highest BCUT2D eigenvalue weighted by Gasteiger charge is 2.27. The summed E-state index contributed by atoms with van der Waals surface area (Å²) in [7, 11) is 0. The Hall–Kier alpha value is -1.55. The molecule has 22 heavy (non-hydrogen) atoms. The molecule has 0 amide bonds. The Morgan fingerprint density at radius 1 is 1.23 bits per heavy atom. The summed E-state index contributed by atoms with van der Waals surface area (Å²) >= 11 is 0. The molecular formula is C18H28N2O2. The second-order valence-corrected chi connectivity index (χ2v) is 7.15. The summed E-state index contributed by atoms with van der Waals surface area (Å²) in [6.07, 6.45) is 0.558. The minimum atomic E-state index is -0.747. The molecule has 4 heteroatoms. The zero-order valence-corrected chi connectivity index (χ0v) is 14.2. The van der Waals surface area contributed by atoms with Crippen molar-refractivity contribution < 1.29 is 9.90 Å². The van der Waals surface area contributed by atoms with Gasteiger partial charge in [0.2, 0.25) is 0 Å². The second-order valence-electron chi connectivity index (χ2n) is 7.15. The first-order chi connectivity index (χ1) is 10.3. The van der Waals surface area contributed by atoms with Gasteiger partial charge in [0.1, 0.15) is 0 Å². The van der Waals surface area contributed by atoms with E-state index in [0.717, 1.165) is 31.7 Å². The van der Waals surface area contributed by atoms with E-state index in [-0.39, 0.29) is 0 Å². The first-order valence-corrected chi connectivity index (χ1v) is 8.11. The van der Waals surface area contributed by atoms with Crippen molar-refractivity contribution in [2.75, 3.05) is 31.1 Å². The maximum absolute atomic E-state index is 11.3. The molecule has 0 aliphatic carbocycles. The summed E-state index contributed by atoms with van der Waals surface area (Å²) in [5.74, 6) is -0.747. The molecule has 0 saturated carbocycles. The van der Waals surface area contributed by atoms with Crippen LogP contribution >= 0.6 is 0 Å². The molecule has 0 unspecified atom stereocenters. The monoisotopic (exact) mass is 304 g/mol. The lowest BCUT2D eigenvalue weighted by molar-refractivity contribution is -0.146. The molecule has 1 saturated heterocycles. The zero-order chi connectivity index (χ0) is 16.3. The van der Waals surface area contributed by atoms with Gasteiger partial charge >= 0.3 is 5.97 Å². The minimum absolute atomic E-state index is 0.558. The Morgan fingerprint density at radius 2 is 1.86 bits per heavy atom. The number of rotatable bonds is 5. The third-order valence-electron chi connectivity index (χ3n) is 4.55. The molecule has 1 N–H and O–H groups in total. The van der Waals surface area contributed by atoms with Crippen LogP contribution in [0.15, 0.2) is 24.3 Å². The maximum atomic E-state index is 11.3. The standard InChI is InChI=1S/C18H28N2O2/c1-14(2)19-8-10-20(11-9-19)16-7-5-6-15(12-16)13-18(3,4)17(21)22/h5-7,12,14H,8-11,13H2,1-4H3,(H,21,22). The van der Waals surface area contributed by atoms with Crippen LogP contribution in [0, 0.1) is 5.41 Å². The predicted molar refractivity (Wildman–Crippen MR) is 90.5 cm³/mol. The van der Waals surface area contributed by atoms with Gasteiger partial charge in [-0.05, 0) is 51.8 Å². The molecule has 0 aromatic heterocycles. The van der Waals surface area contributed by atoms with E-state index in [0.29, 0.717) is 12.5 Å². The van der Waals surface area contributed by atoms with Crippen LogP contribution in [0.1, 0.15) is 33.3 Å². The van der Waals surface area contributed by atoms with Crippen LogP contribution in [0.4, 0.5) is 5.69 Å². The Bertz CT molecular complexity index is 518. The largest absolute Gasteiger partial charge is 0.481 e. The SMILES string of the molecule is CC(C)N1CCN(c2cccc(CC(C)(C)C(=O)O)c2)CC1. The molecule has 0 bridgehead atoms. The number of carboxylic acids is 1. The van der Waals surface area contributed by atoms with Gasteiger partial charge < -0.3 is 10.0 Å². The van der Waals surface area contributed by atoms with Crippen molar-refractivity contribution in [3.05, 3.63) is 29.8 Å². The van der Waals surface area contributed by atoms with E-state index in [4.69, 9.17) is 0 Å². The van der Waals surface area contributed by atoms with Crippen LogP contribution in [0.2, 0.25) is 0 Å². The molecule has 1 heterocycles. The van der Waals surface area contributed by atoms with Crippen LogP contribution in [0.25, 0.3) is 0 Å². The van der Waals surface area contributed by atoms with E-state index in [1.165, 1.54) is 5.69 Å². The van der Waals surface area contributed by atoms with Gasteiger partial charge in [0.25, 0.3) is 0 Å². The Morgan fingerprint density at radius 3 is 2.41 bits per heavy atom. The maximum Gasteiger partial charge on any atom is 0.309 e. The van der Waals surface area contributed by atoms with E-state index in [1.54, 1.807) is 13.8 Å². The summed E-state index contributed by atoms with van der Waals surface area (Å²) in [5.41, 5.74) is 1.58. The highest BCUT2D eigenvalue weighted by molar-refractivity contribution is 5.74. The highest BCUT2D eigenvalue weighted by atomic mass is 16.4. The second kappa shape index (κ2) is 6.69. The predicted octanol–water partition coefficient (Wildman–Crippen LogP) is 2.87. The summed E-state index contributed by atoms with van der Waals surface area (Å²) < 4.78 is 0. The molecule has 1 fully saturated rings. The summed E-state index contributed by atoms with van der Waals surface area (Å²) in [4.78, 5) is 16.2. The van der Waals surface area contributed by atoms with Crippen LogP contribution < -0.4 is 4.90 Å². The fourth-order valence-corrected chi connectivity index (χ4v) is 2.95. The van der Waals surface area contributed by atoms with E-state index < -0.39 is 11.4 Å². The number of carbonyl (C=O) groups is 1. The zero-order valence-electron chi connectivity index (χ0n) is 14.2. The smallest absolute Gasteiger partial charge is 0.309 e. The number of aliphatic carboxylic acids is 1. The van der Waals surface area contributed by atoms with Crippen LogP contribution in [0.5, 0.6) is 0 Å². The number of benzene rings is 1. The van der Waals surface area contributed by atoms with Gasteiger partial charge in [0.15, 0.2) is 0 Å². The first kappa shape index (κ1) is 16.8. The molecule has 122 valence electrons. The summed E-state index contributed by atoms with van der Waals surface area (Å²) in [6.45, 7) is 12.3. The number of anilines is 1. The minimum Gasteiger partial charge on any atom is -0.481 e. The average Bonchev–Trinajstić information content (AvgIpc) is 2.47. The summed E-state index contributed by atoms with van der Waals surface area (Å²) in [6, 6.07) is 8.94. The Labute approximate surface area is 133 Å². The molecule has 1 aliphatic heterocycles. The number of hydrogen-bond donors (Lipinski definition) is 1. The molecule has 0 spiro atoms. The van der Waals surface area contributed by atoms with Gasteiger partial charge in [-0.1, -0.05) is 12.1 Å². The fourth-order valence-electron chi connectivity index (χ4n) is 2.95. The van der Waals surface area contributed by atoms with E-state index in [9.17, 15) is 9.90 Å². The molecule has 1 aromatic rings. The molecule has 1 aromatic carbocycles. The average molecular weight is 304 g/mol. The van der Waals surface area contributed by atoms with Gasteiger partial charge in [0.05, 0.1) is 5.41 Å². The first-order valence-electron chi connectivity index (χ1n) is 8.11. The van der Waals surface area contributed by atoms with Crippen LogP contribution in [0.3, 0.4) is 0 Å². The summed E-state index contributed by atoms with van der Waals surface area (Å²) in [5, 5.41) is 9.29. The number of carboxylic acid groups (broad SMARTS) is 1. The lowest BCUT2D eigenvalue weighted by Crippen LogP contribution is -2.48. The van der Waals surface area contributed by atoms with Crippen LogP contribution in [-0.2, 0) is 11.2 Å². The van der Waals surface area contributed by atoms with Crippen molar-refractivity contribution in [1.82, 2.24) is 4.90 Å². The van der Waals surface area contributed by atoms with Crippen molar-refractivity contribution >= 4 is 11.7 Å². The number of nitrogens with zero attached hydrogens (tertiary/aromatic N) is 2. The van der Waals surface area contributed by atoms with Gasteiger partial charge in [-0.25, -0.2) is 0 Å². The normalized spacial score (nSPS) is 17.0. The molecule has 1 aliphatic rings. The van der Waals surface area contributed by atoms with Crippen LogP contribution in [-0.4, -0.2) is 48.2 Å². The molecular weight excluding hydrogens is 276 g/mol. The quantitative estimate of drug-likeness (QED) is 0.908. The van der Waals surface area contributed by atoms with Crippen molar-refractivity contribution in [3.63, 3.8) is 0 Å². The number of piperazine rings is 1. The third kappa shape index (κ3) is 4.01. The third-order valence-corrected chi connectivity index (χ3v) is 4.55. The highest BCUT2D eigenvalue weighted by Crippen LogP contribution is 2.25.